The van der Waals surface area contributed by atoms with Gasteiger partial charge in [-0.3, -0.25) is 0 Å². The number of aromatic nitrogens is 3. The van der Waals surface area contributed by atoms with E-state index in [-0.39, 0.29) is 0 Å². The van der Waals surface area contributed by atoms with Crippen molar-refractivity contribution in [3.63, 3.8) is 0 Å². The Morgan fingerprint density at radius 3 is 2.69 bits per heavy atom. The third-order valence-corrected chi connectivity index (χ3v) is 3.00. The van der Waals surface area contributed by atoms with E-state index < -0.39 is 0 Å². The van der Waals surface area contributed by atoms with Gasteiger partial charge in [0.05, 0.1) is 18.2 Å². The van der Waals surface area contributed by atoms with Crippen molar-refractivity contribution in [1.82, 2.24) is 14.1 Å². The van der Waals surface area contributed by atoms with Crippen molar-refractivity contribution in [3.05, 3.63) is 43.0 Å². The van der Waals surface area contributed by atoms with Gasteiger partial charge in [-0.2, -0.15) is 0 Å². The summed E-state index contributed by atoms with van der Waals surface area (Å²) in [5.74, 6) is 0. The molecule has 0 amide bonds. The quantitative estimate of drug-likeness (QED) is 0.606. The monoisotopic (exact) mass is 211 g/mol. The summed E-state index contributed by atoms with van der Waals surface area (Å²) in [5, 5.41) is 1.27. The zero-order valence-corrected chi connectivity index (χ0v) is 9.38. The maximum absolute atomic E-state index is 4.14. The van der Waals surface area contributed by atoms with Crippen LogP contribution in [0.5, 0.6) is 0 Å². The summed E-state index contributed by atoms with van der Waals surface area (Å²) in [4.78, 5) is 4.14. The van der Waals surface area contributed by atoms with Gasteiger partial charge < -0.3 is 9.13 Å². The van der Waals surface area contributed by atoms with Gasteiger partial charge in [0.15, 0.2) is 0 Å². The van der Waals surface area contributed by atoms with E-state index in [1.807, 2.05) is 24.1 Å². The van der Waals surface area contributed by atoms with Crippen LogP contribution in [0.25, 0.3) is 22.2 Å². The number of hydrogen-bond acceptors (Lipinski definition) is 1. The van der Waals surface area contributed by atoms with Gasteiger partial charge in [-0.15, -0.1) is 0 Å². The summed E-state index contributed by atoms with van der Waals surface area (Å²) in [5.41, 5.74) is 3.59. The first-order chi connectivity index (χ1) is 7.75. The third-order valence-electron chi connectivity index (χ3n) is 3.00. The molecular weight excluding hydrogens is 198 g/mol. The van der Waals surface area contributed by atoms with E-state index in [1.54, 1.807) is 0 Å². The Morgan fingerprint density at radius 2 is 1.94 bits per heavy atom. The summed E-state index contributed by atoms with van der Waals surface area (Å²) >= 11 is 0. The highest BCUT2D eigenvalue weighted by atomic mass is 15.0. The normalized spacial score (nSPS) is 11.1. The van der Waals surface area contributed by atoms with Crippen molar-refractivity contribution in [3.8, 4) is 11.3 Å². The number of benzene rings is 1. The Bertz CT molecular complexity index is 646. The van der Waals surface area contributed by atoms with Crippen molar-refractivity contribution in [2.24, 2.45) is 14.1 Å². The van der Waals surface area contributed by atoms with Gasteiger partial charge in [0.1, 0.15) is 0 Å². The van der Waals surface area contributed by atoms with E-state index in [2.05, 4.69) is 47.1 Å². The fourth-order valence-electron chi connectivity index (χ4n) is 2.06. The van der Waals surface area contributed by atoms with Crippen molar-refractivity contribution in [2.75, 3.05) is 0 Å². The third kappa shape index (κ3) is 1.25. The van der Waals surface area contributed by atoms with Crippen LogP contribution in [0.15, 0.2) is 43.0 Å². The maximum Gasteiger partial charge on any atom is 0.0948 e. The largest absolute Gasteiger partial charge is 0.351 e. The van der Waals surface area contributed by atoms with E-state index in [9.17, 15) is 0 Å². The van der Waals surface area contributed by atoms with Gasteiger partial charge in [-0.1, -0.05) is 12.1 Å². The molecule has 0 atom stereocenters. The fourth-order valence-corrected chi connectivity index (χ4v) is 2.06. The smallest absolute Gasteiger partial charge is 0.0948 e. The van der Waals surface area contributed by atoms with Gasteiger partial charge in [0, 0.05) is 31.4 Å². The minimum Gasteiger partial charge on any atom is -0.351 e. The van der Waals surface area contributed by atoms with Crippen LogP contribution in [0.3, 0.4) is 0 Å². The molecule has 0 saturated heterocycles. The van der Waals surface area contributed by atoms with Crippen LogP contribution in [0.1, 0.15) is 0 Å². The molecule has 0 aliphatic carbocycles. The van der Waals surface area contributed by atoms with Gasteiger partial charge >= 0.3 is 0 Å². The van der Waals surface area contributed by atoms with Crippen LogP contribution < -0.4 is 0 Å². The average molecular weight is 211 g/mol. The highest BCUT2D eigenvalue weighted by Crippen LogP contribution is 2.23. The lowest BCUT2D eigenvalue weighted by molar-refractivity contribution is 0.921. The summed E-state index contributed by atoms with van der Waals surface area (Å²) in [6.45, 7) is 0. The van der Waals surface area contributed by atoms with Gasteiger partial charge in [0.25, 0.3) is 0 Å². The molecule has 1 aromatic carbocycles. The second-order valence-corrected chi connectivity index (χ2v) is 4.09. The molecule has 0 N–H and O–H groups in total. The second-order valence-electron chi connectivity index (χ2n) is 4.09. The number of hydrogen-bond donors (Lipinski definition) is 0. The second kappa shape index (κ2) is 3.23. The van der Waals surface area contributed by atoms with Crippen LogP contribution in [0, 0.1) is 0 Å². The highest BCUT2D eigenvalue weighted by molar-refractivity contribution is 5.84. The molecule has 2 heterocycles. The van der Waals surface area contributed by atoms with E-state index in [1.165, 1.54) is 16.5 Å². The van der Waals surface area contributed by atoms with E-state index in [0.29, 0.717) is 0 Å². The lowest BCUT2D eigenvalue weighted by Gasteiger charge is -2.03. The molecule has 0 saturated carbocycles. The molecule has 0 radical (unpaired) electrons. The summed E-state index contributed by atoms with van der Waals surface area (Å²) < 4.78 is 4.17. The topological polar surface area (TPSA) is 22.8 Å². The molecule has 3 heteroatoms. The number of aryl methyl sites for hydroxylation is 2. The average Bonchev–Trinajstić information content (AvgIpc) is 2.86. The van der Waals surface area contributed by atoms with E-state index >= 15 is 0 Å². The SMILES string of the molecule is Cn1cncc1-c1ccc2ccn(C)c2c1. The Balaban J connectivity index is 2.25. The molecular formula is C13H13N3. The molecule has 3 aromatic rings. The molecule has 16 heavy (non-hydrogen) atoms. The van der Waals surface area contributed by atoms with Crippen LogP contribution in [0.2, 0.25) is 0 Å². The summed E-state index contributed by atoms with van der Waals surface area (Å²) in [6, 6.07) is 8.62. The standard InChI is InChI=1S/C13H13N3/c1-15-6-5-10-3-4-11(7-12(10)15)13-8-14-9-16(13)2/h3-9H,1-2H3. The molecule has 3 nitrogen and oxygen atoms in total. The van der Waals surface area contributed by atoms with E-state index in [0.717, 1.165) is 5.69 Å². The minimum atomic E-state index is 1.14. The van der Waals surface area contributed by atoms with E-state index in [4.69, 9.17) is 0 Å². The first-order valence-electron chi connectivity index (χ1n) is 5.27. The fraction of sp³-hybridized carbons (Fsp3) is 0.154. The zero-order valence-electron chi connectivity index (χ0n) is 9.38. The summed E-state index contributed by atoms with van der Waals surface area (Å²) in [6.07, 6.45) is 5.80. The molecule has 0 spiro atoms. The van der Waals surface area contributed by atoms with Crippen LogP contribution >= 0.6 is 0 Å². The Kier molecular flexibility index (Phi) is 1.86. The van der Waals surface area contributed by atoms with Gasteiger partial charge in [-0.05, 0) is 17.5 Å². The Hall–Kier alpha value is -2.03. The Labute approximate surface area is 94.0 Å². The minimum absolute atomic E-state index is 1.14. The van der Waals surface area contributed by atoms with Crippen LogP contribution in [-0.4, -0.2) is 14.1 Å². The van der Waals surface area contributed by atoms with Crippen LogP contribution in [-0.2, 0) is 14.1 Å². The van der Waals surface area contributed by atoms with Crippen molar-refractivity contribution in [1.29, 1.82) is 0 Å². The van der Waals surface area contributed by atoms with Crippen LogP contribution in [0.4, 0.5) is 0 Å². The molecule has 3 rings (SSSR count). The predicted octanol–water partition coefficient (Wildman–Crippen LogP) is 2.58. The zero-order chi connectivity index (χ0) is 11.1. The van der Waals surface area contributed by atoms with Crippen molar-refractivity contribution in [2.45, 2.75) is 0 Å². The molecule has 0 aliphatic heterocycles. The Morgan fingerprint density at radius 1 is 1.06 bits per heavy atom. The maximum atomic E-state index is 4.14. The van der Waals surface area contributed by atoms with Gasteiger partial charge in [0.2, 0.25) is 0 Å². The number of fused-ring (bicyclic) bond motifs is 1. The molecule has 80 valence electrons. The lowest BCUT2D eigenvalue weighted by Crippen LogP contribution is -1.90. The lowest BCUT2D eigenvalue weighted by atomic mass is 10.1. The number of imidazole rings is 1. The molecule has 0 fully saturated rings. The van der Waals surface area contributed by atoms with Crippen molar-refractivity contribution < 1.29 is 0 Å². The molecule has 2 aromatic heterocycles. The first-order valence-corrected chi connectivity index (χ1v) is 5.27. The van der Waals surface area contributed by atoms with Gasteiger partial charge in [-0.25, -0.2) is 4.98 Å². The number of rotatable bonds is 1. The molecule has 0 bridgehead atoms. The highest BCUT2D eigenvalue weighted by Gasteiger charge is 2.04. The molecule has 0 unspecified atom stereocenters. The molecule has 0 aliphatic rings. The predicted molar refractivity (Wildman–Crippen MR) is 65.1 cm³/mol. The number of nitrogens with zero attached hydrogens (tertiary/aromatic N) is 3. The summed E-state index contributed by atoms with van der Waals surface area (Å²) in [7, 11) is 4.08. The first kappa shape index (κ1) is 9.21. The van der Waals surface area contributed by atoms with Crippen molar-refractivity contribution >= 4 is 10.9 Å².